The largest absolute Gasteiger partial charge is 0.497 e. The van der Waals surface area contributed by atoms with Crippen LogP contribution in [0.3, 0.4) is 0 Å². The Morgan fingerprint density at radius 3 is 2.50 bits per heavy atom. The fourth-order valence-electron chi connectivity index (χ4n) is 5.15. The van der Waals surface area contributed by atoms with Crippen molar-refractivity contribution >= 4 is 5.91 Å². The third kappa shape index (κ3) is 4.00. The smallest absolute Gasteiger partial charge is 0.227 e. The van der Waals surface area contributed by atoms with E-state index < -0.39 is 0 Å². The topological polar surface area (TPSA) is 74.3 Å². The predicted molar refractivity (Wildman–Crippen MR) is 121 cm³/mol. The van der Waals surface area contributed by atoms with E-state index in [1.54, 1.807) is 7.11 Å². The number of likely N-dealkylation sites (tertiary alicyclic amines) is 2. The number of hydrogen-bond acceptors (Lipinski definition) is 5. The van der Waals surface area contributed by atoms with Crippen molar-refractivity contribution in [2.24, 2.45) is 5.41 Å². The molecule has 1 spiro atoms. The van der Waals surface area contributed by atoms with Gasteiger partial charge in [0.15, 0.2) is 5.82 Å². The zero-order chi connectivity index (χ0) is 22.1. The normalized spacial score (nSPS) is 19.8. The van der Waals surface area contributed by atoms with Gasteiger partial charge in [0.05, 0.1) is 13.5 Å². The zero-order valence-electron chi connectivity index (χ0n) is 18.6. The fourth-order valence-corrected chi connectivity index (χ4v) is 5.15. The molecular formula is C25H29N5O2. The number of ether oxygens (including phenoxy) is 1. The average Bonchev–Trinajstić information content (AvgIpc) is 3.37. The van der Waals surface area contributed by atoms with Crippen LogP contribution in [0, 0.1) is 12.3 Å². The minimum absolute atomic E-state index is 0.0129. The first-order valence-corrected chi connectivity index (χ1v) is 11.1. The molecule has 0 radical (unpaired) electrons. The first-order chi connectivity index (χ1) is 15.5. The summed E-state index contributed by atoms with van der Waals surface area (Å²) in [5.41, 5.74) is 2.33. The van der Waals surface area contributed by atoms with Gasteiger partial charge in [-0.15, -0.1) is 0 Å². The van der Waals surface area contributed by atoms with Crippen LogP contribution in [0.15, 0.2) is 54.6 Å². The molecule has 2 aromatic carbocycles. The lowest BCUT2D eigenvalue weighted by atomic mass is 9.71. The van der Waals surface area contributed by atoms with E-state index in [4.69, 9.17) is 4.74 Å². The van der Waals surface area contributed by atoms with Gasteiger partial charge in [0.2, 0.25) is 5.91 Å². The van der Waals surface area contributed by atoms with Crippen LogP contribution < -0.4 is 4.74 Å². The van der Waals surface area contributed by atoms with Crippen molar-refractivity contribution in [1.82, 2.24) is 25.0 Å². The Morgan fingerprint density at radius 2 is 1.84 bits per heavy atom. The van der Waals surface area contributed by atoms with Crippen molar-refractivity contribution in [1.29, 1.82) is 0 Å². The number of methoxy groups -OCH3 is 1. The molecule has 1 N–H and O–H groups in total. The number of aromatic nitrogens is 3. The summed E-state index contributed by atoms with van der Waals surface area (Å²) in [7, 11) is 1.65. The monoisotopic (exact) mass is 431 g/mol. The van der Waals surface area contributed by atoms with Gasteiger partial charge in [-0.25, -0.2) is 4.98 Å². The molecule has 3 aromatic rings. The molecule has 1 unspecified atom stereocenters. The number of H-pyrrole nitrogens is 1. The number of rotatable bonds is 6. The molecule has 2 aliphatic heterocycles. The standard InChI is InChI=1S/C25H29N5O2/c1-18-26-24(28-27-18)22-14-29(13-20-6-4-3-5-7-20)15-25(22)16-30(17-25)23(31)12-19-8-10-21(32-2)11-9-19/h3-11,22H,12-17H2,1-2H3,(H,26,27,28). The number of aromatic amines is 1. The molecule has 2 fully saturated rings. The molecule has 32 heavy (non-hydrogen) atoms. The molecule has 1 aromatic heterocycles. The number of aryl methyl sites for hydroxylation is 1. The van der Waals surface area contributed by atoms with Crippen LogP contribution in [-0.2, 0) is 17.8 Å². The predicted octanol–water partition coefficient (Wildman–Crippen LogP) is 2.79. The van der Waals surface area contributed by atoms with Crippen molar-refractivity contribution in [2.45, 2.75) is 25.8 Å². The molecule has 3 heterocycles. The molecule has 7 heteroatoms. The second-order valence-electron chi connectivity index (χ2n) is 9.12. The first-order valence-electron chi connectivity index (χ1n) is 11.1. The Kier molecular flexibility index (Phi) is 5.43. The summed E-state index contributed by atoms with van der Waals surface area (Å²) in [4.78, 5) is 22.1. The van der Waals surface area contributed by atoms with E-state index in [1.807, 2.05) is 42.2 Å². The number of nitrogens with zero attached hydrogens (tertiary/aromatic N) is 4. The maximum Gasteiger partial charge on any atom is 0.227 e. The van der Waals surface area contributed by atoms with E-state index in [9.17, 15) is 4.79 Å². The number of hydrogen-bond donors (Lipinski definition) is 1. The van der Waals surface area contributed by atoms with Gasteiger partial charge in [-0.3, -0.25) is 14.8 Å². The van der Waals surface area contributed by atoms with Gasteiger partial charge in [0.25, 0.3) is 0 Å². The molecule has 1 amide bonds. The number of carbonyl (C=O) groups is 1. The molecule has 0 aliphatic carbocycles. The van der Waals surface area contributed by atoms with Crippen LogP contribution >= 0.6 is 0 Å². The third-order valence-electron chi connectivity index (χ3n) is 6.77. The third-order valence-corrected chi connectivity index (χ3v) is 6.77. The van der Waals surface area contributed by atoms with E-state index in [2.05, 4.69) is 44.3 Å². The lowest BCUT2D eigenvalue weighted by Crippen LogP contribution is -2.61. The lowest BCUT2D eigenvalue weighted by molar-refractivity contribution is -0.142. The van der Waals surface area contributed by atoms with E-state index >= 15 is 0 Å². The molecular weight excluding hydrogens is 402 g/mol. The van der Waals surface area contributed by atoms with Crippen LogP contribution in [0.1, 0.15) is 28.7 Å². The second-order valence-corrected chi connectivity index (χ2v) is 9.12. The highest BCUT2D eigenvalue weighted by Crippen LogP contribution is 2.48. The Morgan fingerprint density at radius 1 is 1.09 bits per heavy atom. The number of benzene rings is 2. The van der Waals surface area contributed by atoms with Gasteiger partial charge in [-0.2, -0.15) is 5.10 Å². The molecule has 0 bridgehead atoms. The average molecular weight is 432 g/mol. The van der Waals surface area contributed by atoms with E-state index in [1.165, 1.54) is 5.56 Å². The van der Waals surface area contributed by atoms with Gasteiger partial charge in [0.1, 0.15) is 11.6 Å². The molecule has 5 rings (SSSR count). The Labute approximate surface area is 188 Å². The lowest BCUT2D eigenvalue weighted by Gasteiger charge is -2.50. The molecule has 1 atom stereocenters. The first kappa shape index (κ1) is 20.7. The van der Waals surface area contributed by atoms with Gasteiger partial charge >= 0.3 is 0 Å². The summed E-state index contributed by atoms with van der Waals surface area (Å²) in [6, 6.07) is 18.3. The second kappa shape index (κ2) is 8.39. The Hall–Kier alpha value is -3.19. The van der Waals surface area contributed by atoms with Crippen molar-refractivity contribution in [3.05, 3.63) is 77.4 Å². The van der Waals surface area contributed by atoms with Crippen molar-refractivity contribution in [3.63, 3.8) is 0 Å². The molecule has 2 aliphatic rings. The van der Waals surface area contributed by atoms with Crippen molar-refractivity contribution in [3.8, 4) is 5.75 Å². The van der Waals surface area contributed by atoms with Crippen molar-refractivity contribution in [2.75, 3.05) is 33.3 Å². The zero-order valence-corrected chi connectivity index (χ0v) is 18.6. The molecule has 7 nitrogen and oxygen atoms in total. The summed E-state index contributed by atoms with van der Waals surface area (Å²) in [5, 5.41) is 7.49. The van der Waals surface area contributed by atoms with Crippen LogP contribution in [-0.4, -0.2) is 64.2 Å². The van der Waals surface area contributed by atoms with Crippen LogP contribution in [0.4, 0.5) is 0 Å². The fraction of sp³-hybridized carbons (Fsp3) is 0.400. The number of carbonyl (C=O) groups excluding carboxylic acids is 1. The number of amides is 1. The molecule has 2 saturated heterocycles. The SMILES string of the molecule is COc1ccc(CC(=O)N2CC3(CN(Cc4ccccc4)CC3c3n[nH]c(C)n3)C2)cc1. The Bertz CT molecular complexity index is 1070. The van der Waals surface area contributed by atoms with Crippen molar-refractivity contribution < 1.29 is 9.53 Å². The van der Waals surface area contributed by atoms with Gasteiger partial charge in [0, 0.05) is 44.1 Å². The maximum atomic E-state index is 13.0. The van der Waals surface area contributed by atoms with Gasteiger partial charge in [-0.05, 0) is 30.2 Å². The van der Waals surface area contributed by atoms with Crippen LogP contribution in [0.25, 0.3) is 0 Å². The summed E-state index contributed by atoms with van der Waals surface area (Å²) in [6.45, 7) is 6.21. The summed E-state index contributed by atoms with van der Waals surface area (Å²) in [6.07, 6.45) is 0.415. The highest BCUT2D eigenvalue weighted by Gasteiger charge is 2.56. The summed E-state index contributed by atoms with van der Waals surface area (Å²) >= 11 is 0. The van der Waals surface area contributed by atoms with E-state index in [0.29, 0.717) is 6.42 Å². The minimum Gasteiger partial charge on any atom is -0.497 e. The summed E-state index contributed by atoms with van der Waals surface area (Å²) < 4.78 is 5.21. The Balaban J connectivity index is 1.28. The summed E-state index contributed by atoms with van der Waals surface area (Å²) in [5.74, 6) is 2.91. The number of nitrogens with one attached hydrogen (secondary N) is 1. The minimum atomic E-state index is 0.0129. The van der Waals surface area contributed by atoms with Gasteiger partial charge in [-0.1, -0.05) is 42.5 Å². The maximum absolute atomic E-state index is 13.0. The van der Waals surface area contributed by atoms with Crippen LogP contribution in [0.2, 0.25) is 0 Å². The highest BCUT2D eigenvalue weighted by atomic mass is 16.5. The quantitative estimate of drug-likeness (QED) is 0.650. The molecule has 0 saturated carbocycles. The molecule has 166 valence electrons. The van der Waals surface area contributed by atoms with Crippen LogP contribution in [0.5, 0.6) is 5.75 Å². The van der Waals surface area contributed by atoms with E-state index in [-0.39, 0.29) is 17.2 Å². The van der Waals surface area contributed by atoms with E-state index in [0.717, 1.165) is 55.7 Å². The van der Waals surface area contributed by atoms with Gasteiger partial charge < -0.3 is 9.64 Å². The highest BCUT2D eigenvalue weighted by molar-refractivity contribution is 5.80.